The minimum absolute atomic E-state index is 0.00000609. The number of primary amides is 1. The molecule has 0 saturated heterocycles. The van der Waals surface area contributed by atoms with Crippen LogP contribution in [-0.2, 0) is 95.9 Å². The maximum absolute atomic E-state index is 14.8. The molecule has 0 saturated carbocycles. The Hall–Kier alpha value is -11.4. The molecule has 14 atom stereocenters. The zero-order chi connectivity index (χ0) is 83.1. The number of methoxy groups -OCH3 is 1. The van der Waals surface area contributed by atoms with Crippen LogP contribution in [0.2, 0.25) is 0 Å². The van der Waals surface area contributed by atoms with Crippen LogP contribution in [0.4, 0.5) is 0 Å². The maximum atomic E-state index is 14.8. The molecule has 2 aromatic heterocycles. The quantitative estimate of drug-likeness (QED) is 0.00577. The summed E-state index contributed by atoms with van der Waals surface area (Å²) in [4.78, 5) is 220. The first kappa shape index (κ1) is 91.2. The largest absolute Gasteiger partial charge is 0.481 e. The number of nitrogens with two attached hydrogens (primary N) is 4. The molecule has 5 rings (SSSR count). The standard InChI is InChI=1S/C72H102N20O18S2/c1-8-36(4)59(71(109)110-7)92-68(106)53(33-112)90-70(108)58(35(2)3)91-66(104)48(25-39-19-20-40-14-9-10-15-41(40)24-39)86-62(100)47(21-22-54(73)94)85-65(103)51(28-56(96)97)88-64(102)49(26-42-29-79-45-17-12-11-16-44(42)45)83-55(95)31-80-60(98)37(5)82-63(101)50(27-43-30-77-34-81-43)87-61(99)46(18-13-23-78-72(75)76)84-67(105)52(32-111)89-69(107)57(74)38(6)93/h9-12,14-17,19-20,24,29-30,34-38,46-53,57-59,79,93,111-112H,8,13,18,21-23,25-28,31-33,74H2,1-7H3,(H2,73,94)(H,77,81)(H,80,98)(H,82,101)(H,83,95)(H,84,105)(H,85,103)(H,86,100)(H,87,99)(H,88,102)(H,89,107)(H,90,108)(H,91,104)(H,92,106)(H,96,97)(H4,75,76,78)/t36-,37-,38+,46-,47-,48-,49-,50-,51-,52-,53-,57-,58-,59-/m0/s1. The fourth-order valence-corrected chi connectivity index (χ4v) is 11.9. The van der Waals surface area contributed by atoms with Gasteiger partial charge in [-0.3, -0.25) is 72.1 Å². The highest BCUT2D eigenvalue weighted by Crippen LogP contribution is 2.21. The normalized spacial score (nSPS) is 14.9. The SMILES string of the molecule is CC[C@H](C)[C@H](NC(=O)[C@H](CS)NC(=O)[C@@H](NC(=O)[C@H](Cc1ccc2ccccc2c1)NC(=O)[C@H](CCC(N)=O)NC(=O)[C@H](CC(=O)O)NC(=O)[C@H](Cc1c[nH]c2ccccc12)NC(=O)CNC(=O)[C@H](C)NC(=O)[C@H](Cc1c[nH]cn1)NC(=O)[C@H](CCCN=C(N)N)NC(=O)[C@H](CS)NC(=O)[C@@H](N)[C@@H](C)O)C(C)C)C(=O)OC. The summed E-state index contributed by atoms with van der Waals surface area (Å²) in [7, 11) is 1.16. The number of aliphatic hydroxyl groups is 1. The number of aliphatic carboxylic acids is 1. The monoisotopic (exact) mass is 1600 g/mol. The predicted octanol–water partition coefficient (Wildman–Crippen LogP) is -4.22. The number of H-pyrrole nitrogens is 2. The van der Waals surface area contributed by atoms with Gasteiger partial charge in [0, 0.05) is 67.0 Å². The minimum Gasteiger partial charge on any atom is -0.481 e. The van der Waals surface area contributed by atoms with Crippen LogP contribution in [0, 0.1) is 11.8 Å². The number of hydrogen-bond donors (Lipinski definition) is 22. The average Bonchev–Trinajstić information content (AvgIpc) is 1.33. The Bertz CT molecular complexity index is 4160. The van der Waals surface area contributed by atoms with E-state index in [1.54, 1.807) is 82.3 Å². The lowest BCUT2D eigenvalue weighted by Gasteiger charge is -2.29. The van der Waals surface area contributed by atoms with Crippen molar-refractivity contribution in [2.75, 3.05) is 31.7 Å². The number of thiol groups is 2. The average molecular weight is 1600 g/mol. The second kappa shape index (κ2) is 45.1. The molecule has 0 radical (unpaired) electrons. The van der Waals surface area contributed by atoms with Crippen LogP contribution in [-0.4, -0.2) is 230 Å². The van der Waals surface area contributed by atoms with Crippen molar-refractivity contribution >= 4 is 142 Å². The van der Waals surface area contributed by atoms with Gasteiger partial charge in [0.2, 0.25) is 76.8 Å². The predicted molar refractivity (Wildman–Crippen MR) is 416 cm³/mol. The van der Waals surface area contributed by atoms with Crippen LogP contribution in [0.25, 0.3) is 21.7 Å². The Morgan fingerprint density at radius 1 is 0.571 bits per heavy atom. The number of aromatic nitrogens is 3. The molecule has 0 aliphatic heterocycles. The number of amides is 13. The molecular weight excluding hydrogens is 1500 g/mol. The van der Waals surface area contributed by atoms with Gasteiger partial charge >= 0.3 is 11.9 Å². The van der Waals surface area contributed by atoms with E-state index < -0.39 is 199 Å². The third kappa shape index (κ3) is 28.8. The Kier molecular flexibility index (Phi) is 36.7. The third-order valence-electron chi connectivity index (χ3n) is 18.0. The van der Waals surface area contributed by atoms with Crippen molar-refractivity contribution in [3.8, 4) is 0 Å². The van der Waals surface area contributed by atoms with E-state index in [0.29, 0.717) is 28.5 Å². The highest BCUT2D eigenvalue weighted by molar-refractivity contribution is 7.80. The molecule has 5 aromatic rings. The number of carbonyl (C=O) groups is 15. The molecule has 3 aromatic carbocycles. The molecule has 0 aliphatic carbocycles. The van der Waals surface area contributed by atoms with Crippen molar-refractivity contribution in [2.45, 2.75) is 178 Å². The van der Waals surface area contributed by atoms with E-state index in [1.165, 1.54) is 32.6 Å². The van der Waals surface area contributed by atoms with Crippen molar-refractivity contribution in [1.29, 1.82) is 0 Å². The van der Waals surface area contributed by atoms with Gasteiger partial charge in [0.05, 0.1) is 38.2 Å². The second-order valence-corrected chi connectivity index (χ2v) is 27.7. The van der Waals surface area contributed by atoms with Gasteiger partial charge < -0.3 is 112 Å². The van der Waals surface area contributed by atoms with E-state index in [9.17, 15) is 82.1 Å². The molecule has 38 nitrogen and oxygen atoms in total. The van der Waals surface area contributed by atoms with Gasteiger partial charge in [0.15, 0.2) is 5.96 Å². The summed E-state index contributed by atoms with van der Waals surface area (Å²) in [5, 5.41) is 52.2. The fourth-order valence-electron chi connectivity index (χ4n) is 11.4. The molecule has 40 heteroatoms. The number of carboxylic acids is 1. The molecule has 24 N–H and O–H groups in total. The summed E-state index contributed by atoms with van der Waals surface area (Å²) < 4.78 is 4.90. The van der Waals surface area contributed by atoms with Gasteiger partial charge in [-0.25, -0.2) is 9.78 Å². The third-order valence-corrected chi connectivity index (χ3v) is 18.7. The van der Waals surface area contributed by atoms with E-state index in [2.05, 4.69) is 109 Å². The lowest BCUT2D eigenvalue weighted by molar-refractivity contribution is -0.147. The molecular formula is C72H102N20O18S2. The molecule has 0 bridgehead atoms. The molecule has 112 heavy (non-hydrogen) atoms. The van der Waals surface area contributed by atoms with Crippen molar-refractivity contribution in [2.24, 2.45) is 39.8 Å². The number of ether oxygens (including phenoxy) is 1. The van der Waals surface area contributed by atoms with Gasteiger partial charge in [-0.05, 0) is 72.9 Å². The van der Waals surface area contributed by atoms with Gasteiger partial charge in [0.1, 0.15) is 72.5 Å². The van der Waals surface area contributed by atoms with Crippen molar-refractivity contribution in [3.05, 3.63) is 102 Å². The van der Waals surface area contributed by atoms with Gasteiger partial charge in [-0.15, -0.1) is 0 Å². The van der Waals surface area contributed by atoms with Crippen LogP contribution in [0.3, 0.4) is 0 Å². The first-order valence-electron chi connectivity index (χ1n) is 36.0. The number of carbonyl (C=O) groups excluding carboxylic acids is 14. The molecule has 2 heterocycles. The van der Waals surface area contributed by atoms with Crippen LogP contribution >= 0.6 is 25.3 Å². The number of nitrogens with one attached hydrogen (secondary N) is 14. The van der Waals surface area contributed by atoms with Crippen molar-refractivity contribution in [1.82, 2.24) is 78.8 Å². The molecule has 0 fully saturated rings. The zero-order valence-electron chi connectivity index (χ0n) is 63.0. The van der Waals surface area contributed by atoms with E-state index in [0.717, 1.165) is 17.9 Å². The number of aromatic amines is 2. The number of benzene rings is 3. The van der Waals surface area contributed by atoms with Crippen LogP contribution in [0.1, 0.15) is 96.9 Å². The summed E-state index contributed by atoms with van der Waals surface area (Å²) in [5.41, 5.74) is 24.1. The van der Waals surface area contributed by atoms with E-state index >= 15 is 0 Å². The van der Waals surface area contributed by atoms with E-state index in [-0.39, 0.29) is 67.7 Å². The highest BCUT2D eigenvalue weighted by Gasteiger charge is 2.38. The summed E-state index contributed by atoms with van der Waals surface area (Å²) >= 11 is 8.43. The van der Waals surface area contributed by atoms with Crippen LogP contribution < -0.4 is 86.7 Å². The van der Waals surface area contributed by atoms with Crippen molar-refractivity contribution in [3.63, 3.8) is 0 Å². The number of fused-ring (bicyclic) bond motifs is 2. The second-order valence-electron chi connectivity index (χ2n) is 27.0. The number of hydrogen-bond acceptors (Lipinski definition) is 22. The van der Waals surface area contributed by atoms with E-state index in [1.807, 2.05) is 12.1 Å². The summed E-state index contributed by atoms with van der Waals surface area (Å²) in [5.74, 6) is -17.0. The van der Waals surface area contributed by atoms with Crippen LogP contribution in [0.15, 0.2) is 90.4 Å². The summed E-state index contributed by atoms with van der Waals surface area (Å²) in [6, 6.07) is 1.13. The molecule has 0 spiro atoms. The summed E-state index contributed by atoms with van der Waals surface area (Å²) in [6.45, 7) is 8.34. The molecule has 0 unspecified atom stereocenters. The number of carboxylic acid groups (broad SMARTS) is 1. The van der Waals surface area contributed by atoms with Gasteiger partial charge in [-0.1, -0.05) is 94.8 Å². The Morgan fingerprint density at radius 2 is 1.10 bits per heavy atom. The topological polar surface area (TPSA) is 611 Å². The first-order valence-corrected chi connectivity index (χ1v) is 37.2. The number of rotatable bonds is 46. The number of guanidine groups is 1. The number of esters is 1. The number of imidazole rings is 1. The first-order chi connectivity index (χ1) is 53.1. The number of aliphatic imine (C=N–C) groups is 1. The number of aliphatic hydroxyl groups excluding tert-OH is 1. The molecule has 0 aliphatic rings. The molecule has 13 amide bonds. The number of para-hydroxylation sites is 1. The smallest absolute Gasteiger partial charge is 0.328 e. The maximum Gasteiger partial charge on any atom is 0.328 e. The fraction of sp³-hybridized carbons (Fsp3) is 0.486. The van der Waals surface area contributed by atoms with E-state index in [4.69, 9.17) is 27.7 Å². The van der Waals surface area contributed by atoms with Gasteiger partial charge in [0.25, 0.3) is 0 Å². The summed E-state index contributed by atoms with van der Waals surface area (Å²) in [6.07, 6.45) is 0.225. The highest BCUT2D eigenvalue weighted by atomic mass is 32.1. The molecule has 610 valence electrons. The lowest BCUT2D eigenvalue weighted by atomic mass is 9.98. The Morgan fingerprint density at radius 3 is 1.69 bits per heavy atom. The Balaban J connectivity index is 1.37. The van der Waals surface area contributed by atoms with Gasteiger partial charge in [-0.2, -0.15) is 25.3 Å². The van der Waals surface area contributed by atoms with Crippen molar-refractivity contribution < 1.29 is 86.9 Å². The number of nitrogens with zero attached hydrogens (tertiary/aromatic N) is 2. The zero-order valence-corrected chi connectivity index (χ0v) is 64.7. The Labute approximate surface area is 655 Å². The minimum atomic E-state index is -2.05. The lowest BCUT2D eigenvalue weighted by Crippen LogP contribution is -2.61. The van der Waals surface area contributed by atoms with Crippen LogP contribution in [0.5, 0.6) is 0 Å².